The summed E-state index contributed by atoms with van der Waals surface area (Å²) in [5.74, 6) is 2.77. The van der Waals surface area contributed by atoms with E-state index in [1.54, 1.807) is 0 Å². The predicted octanol–water partition coefficient (Wildman–Crippen LogP) is 31.5. The van der Waals surface area contributed by atoms with Crippen LogP contribution in [0.4, 0.5) is 0 Å². The SMILES string of the molecule is c1ccc(-c2nc3c4ccccc4c4ccccc4c3n2-c2cccc(-c3cccc4c3oc3cccnc34)c2)cc1.c1ccc(-c2nc3c4ccccc4c4ccccc4c3n2-c2cccc(-c3cccc4c3sc3cccnc34)c2)cc1.c1ccc(-c2nc3c4ccccc4c4ccccc4c3n2-c2cccc(-c3cccc4c5ncccc5n(-c5ccccc5)c34)c2)cc1. The summed E-state index contributed by atoms with van der Waals surface area (Å²) in [5.41, 5.74) is 27.5. The highest BCUT2D eigenvalue weighted by molar-refractivity contribution is 7.26. The Bertz CT molecular complexity index is 9150. The second-order valence-electron chi connectivity index (χ2n) is 33.4. The van der Waals surface area contributed by atoms with Gasteiger partial charge in [0.1, 0.15) is 28.6 Å². The molecule has 28 rings (SSSR count). The van der Waals surface area contributed by atoms with Crippen LogP contribution in [0.2, 0.25) is 0 Å². The van der Waals surface area contributed by atoms with Gasteiger partial charge in [0.25, 0.3) is 0 Å². The number of furan rings is 1. The maximum Gasteiger partial charge on any atom is 0.153 e. The molecule has 0 aliphatic heterocycles. The Labute approximate surface area is 760 Å². The number of thiophene rings is 1. The highest BCUT2D eigenvalue weighted by atomic mass is 32.1. The third-order valence-electron chi connectivity index (χ3n) is 26.0. The fraction of sp³-hybridized carbons (Fsp3) is 0. The number of pyridine rings is 3. The first-order valence-corrected chi connectivity index (χ1v) is 45.3. The molecule has 19 aromatic carbocycles. The molecule has 132 heavy (non-hydrogen) atoms. The molecule has 0 saturated carbocycles. The molecule has 11 nitrogen and oxygen atoms in total. The van der Waals surface area contributed by atoms with Gasteiger partial charge in [0, 0.05) is 122 Å². The molecule has 0 amide bonds. The highest BCUT2D eigenvalue weighted by Gasteiger charge is 2.27. The van der Waals surface area contributed by atoms with Crippen molar-refractivity contribution < 1.29 is 4.42 Å². The molecule has 0 N–H and O–H groups in total. The fourth-order valence-corrected chi connectivity index (χ4v) is 21.5. The standard InChI is InChI=1S/C44H28N4.C38H23N3O.C38H23N3S/c1-3-14-29(15-4-1)44-46-41-36-22-9-7-20-34(36)35-21-8-10-23-37(35)43(41)48(44)32-19-11-16-30(28-32)33-24-12-25-38-40-39(26-13-27-45-40)47(42(33)38)31-17-5-2-6-18-31;2*1-2-11-24(12-3-1)38-40-35-30-17-6-4-15-28(30)29-16-5-7-18-31(29)36(35)41(38)26-14-8-13-25(23-26)27-19-9-20-32-34-33(42-37(27)32)21-10-22-39-34/h1-28H;2*1-23H. The second-order valence-corrected chi connectivity index (χ2v) is 34.5. The average Bonchev–Trinajstić information content (AvgIpc) is 1.63. The van der Waals surface area contributed by atoms with Gasteiger partial charge in [-0.05, 0) is 146 Å². The monoisotopic (exact) mass is 1700 g/mol. The van der Waals surface area contributed by atoms with Gasteiger partial charge < -0.3 is 8.98 Å². The van der Waals surface area contributed by atoms with Gasteiger partial charge in [0.15, 0.2) is 5.58 Å². The number of aromatic nitrogens is 10. The zero-order valence-corrected chi connectivity index (χ0v) is 71.8. The highest BCUT2D eigenvalue weighted by Crippen LogP contribution is 2.48. The molecule has 9 aromatic heterocycles. The summed E-state index contributed by atoms with van der Waals surface area (Å²) in [5, 5.41) is 17.7. The van der Waals surface area contributed by atoms with Crippen LogP contribution in [0.25, 0.3) is 252 Å². The summed E-state index contributed by atoms with van der Waals surface area (Å²) in [6.45, 7) is 0. The van der Waals surface area contributed by atoms with Gasteiger partial charge in [-0.1, -0.05) is 340 Å². The first-order valence-electron chi connectivity index (χ1n) is 44.5. The number of hydrogen-bond acceptors (Lipinski definition) is 8. The molecule has 0 radical (unpaired) electrons. The van der Waals surface area contributed by atoms with Gasteiger partial charge in [0.05, 0.1) is 59.9 Å². The largest absolute Gasteiger partial charge is 0.454 e. The Kier molecular flexibility index (Phi) is 17.9. The normalized spacial score (nSPS) is 11.8. The van der Waals surface area contributed by atoms with Crippen LogP contribution < -0.4 is 0 Å². The Morgan fingerprint density at radius 1 is 0.205 bits per heavy atom. The van der Waals surface area contributed by atoms with Crippen LogP contribution in [0.15, 0.2) is 454 Å². The van der Waals surface area contributed by atoms with Crippen molar-refractivity contribution in [2.75, 3.05) is 0 Å². The molecule has 0 aliphatic rings. The molecule has 28 aromatic rings. The van der Waals surface area contributed by atoms with Crippen molar-refractivity contribution >= 4 is 173 Å². The third kappa shape index (κ3) is 12.3. The number of nitrogens with zero attached hydrogens (tertiary/aromatic N) is 10. The van der Waals surface area contributed by atoms with Gasteiger partial charge in [-0.25, -0.2) is 15.0 Å². The number of para-hydroxylation sites is 3. The van der Waals surface area contributed by atoms with E-state index < -0.39 is 0 Å². The van der Waals surface area contributed by atoms with Crippen molar-refractivity contribution in [2.45, 2.75) is 0 Å². The van der Waals surface area contributed by atoms with E-state index in [-0.39, 0.29) is 0 Å². The van der Waals surface area contributed by atoms with Gasteiger partial charge in [-0.2, -0.15) is 0 Å². The van der Waals surface area contributed by atoms with Crippen LogP contribution in [0, 0.1) is 0 Å². The van der Waals surface area contributed by atoms with Crippen molar-refractivity contribution in [1.29, 1.82) is 0 Å². The zero-order valence-electron chi connectivity index (χ0n) is 71.0. The average molecular weight is 1700 g/mol. The summed E-state index contributed by atoms with van der Waals surface area (Å²) < 4.78 is 18.2. The number of fused-ring (bicyclic) bond motifs is 27. The van der Waals surface area contributed by atoms with E-state index in [1.807, 2.05) is 60.3 Å². The molecule has 0 atom stereocenters. The van der Waals surface area contributed by atoms with Gasteiger partial charge in [-0.3, -0.25) is 28.7 Å². The maximum absolute atomic E-state index is 6.36. The topological polar surface area (TPSA) is 110 Å². The first kappa shape index (κ1) is 75.7. The summed E-state index contributed by atoms with van der Waals surface area (Å²) in [7, 11) is 0. The lowest BCUT2D eigenvalue weighted by Gasteiger charge is -2.15. The zero-order chi connectivity index (χ0) is 86.9. The van der Waals surface area contributed by atoms with Crippen LogP contribution >= 0.6 is 11.3 Å². The molecule has 616 valence electrons. The van der Waals surface area contributed by atoms with Gasteiger partial charge in [0.2, 0.25) is 0 Å². The van der Waals surface area contributed by atoms with E-state index in [4.69, 9.17) is 29.3 Å². The molecule has 0 unspecified atom stereocenters. The van der Waals surface area contributed by atoms with Crippen LogP contribution in [0.3, 0.4) is 0 Å². The summed E-state index contributed by atoms with van der Waals surface area (Å²) >= 11 is 1.81. The predicted molar refractivity (Wildman–Crippen MR) is 549 cm³/mol. The molecule has 0 aliphatic carbocycles. The Morgan fingerprint density at radius 3 is 1.02 bits per heavy atom. The molecule has 0 bridgehead atoms. The maximum atomic E-state index is 6.36. The number of imidazole rings is 3. The molecule has 0 spiro atoms. The van der Waals surface area contributed by atoms with Crippen molar-refractivity contribution in [3.05, 3.63) is 449 Å². The van der Waals surface area contributed by atoms with Gasteiger partial charge in [-0.15, -0.1) is 11.3 Å². The van der Waals surface area contributed by atoms with E-state index in [1.165, 1.54) is 79.8 Å². The quantitative estimate of drug-likeness (QED) is 0.125. The van der Waals surface area contributed by atoms with Crippen LogP contribution in [-0.4, -0.2) is 48.2 Å². The molecular formula is C120H74N10OS. The number of benzene rings is 19. The lowest BCUT2D eigenvalue weighted by molar-refractivity contribution is 0.669. The molecule has 12 heteroatoms. The molecular weight excluding hydrogens is 1630 g/mol. The van der Waals surface area contributed by atoms with Crippen molar-refractivity contribution in [1.82, 2.24) is 48.2 Å². The van der Waals surface area contributed by atoms with E-state index >= 15 is 0 Å². The van der Waals surface area contributed by atoms with E-state index in [2.05, 4.69) is 424 Å². The third-order valence-corrected chi connectivity index (χ3v) is 27.2. The number of hydrogen-bond donors (Lipinski definition) is 0. The van der Waals surface area contributed by atoms with Crippen LogP contribution in [0.5, 0.6) is 0 Å². The Balaban J connectivity index is 0.000000104. The fourth-order valence-electron chi connectivity index (χ4n) is 20.3. The minimum Gasteiger partial charge on any atom is -0.454 e. The van der Waals surface area contributed by atoms with Crippen molar-refractivity contribution in [3.63, 3.8) is 0 Å². The van der Waals surface area contributed by atoms with E-state index in [0.29, 0.717) is 0 Å². The molecule has 9 heterocycles. The van der Waals surface area contributed by atoms with Crippen molar-refractivity contribution in [3.8, 4) is 90.3 Å². The Morgan fingerprint density at radius 2 is 0.538 bits per heavy atom. The molecule has 0 saturated heterocycles. The van der Waals surface area contributed by atoms with Crippen molar-refractivity contribution in [2.24, 2.45) is 0 Å². The summed E-state index contributed by atoms with van der Waals surface area (Å²) in [4.78, 5) is 30.3. The lowest BCUT2D eigenvalue weighted by atomic mass is 9.99. The second kappa shape index (κ2) is 31.2. The Hall–Kier alpha value is -17.6. The summed E-state index contributed by atoms with van der Waals surface area (Å²) in [6.07, 6.45) is 5.58. The first-order chi connectivity index (χ1) is 65.5. The van der Waals surface area contributed by atoms with E-state index in [9.17, 15) is 0 Å². The van der Waals surface area contributed by atoms with Crippen LogP contribution in [-0.2, 0) is 0 Å². The number of rotatable bonds is 10. The van der Waals surface area contributed by atoms with Crippen LogP contribution in [0.1, 0.15) is 0 Å². The summed E-state index contributed by atoms with van der Waals surface area (Å²) in [6, 6.07) is 152. The lowest BCUT2D eigenvalue weighted by Crippen LogP contribution is -1.99. The van der Waals surface area contributed by atoms with Gasteiger partial charge >= 0.3 is 0 Å². The minimum absolute atomic E-state index is 0.793. The van der Waals surface area contributed by atoms with E-state index in [0.717, 1.165) is 173 Å². The molecule has 0 fully saturated rings. The smallest absolute Gasteiger partial charge is 0.153 e. The minimum atomic E-state index is 0.793.